The van der Waals surface area contributed by atoms with Gasteiger partial charge in [0.25, 0.3) is 5.91 Å². The van der Waals surface area contributed by atoms with Crippen molar-refractivity contribution in [2.45, 2.75) is 20.8 Å². The molecule has 1 N–H and O–H groups in total. The normalized spacial score (nSPS) is 10.4. The van der Waals surface area contributed by atoms with Crippen LogP contribution in [0.15, 0.2) is 40.9 Å². The molecule has 3 nitrogen and oxygen atoms in total. The highest BCUT2D eigenvalue weighted by atomic mass is 79.9. The Labute approximate surface area is 139 Å². The SMILES string of the molecule is Cc1cc(C)c(OCCNC(=O)c2ccc(Br)cc2)c(C)c1. The number of amides is 1. The molecule has 2 aromatic carbocycles. The fraction of sp³-hybridized carbons (Fsp3) is 0.278. The first-order valence-corrected chi connectivity index (χ1v) is 8.01. The lowest BCUT2D eigenvalue weighted by Gasteiger charge is -2.13. The van der Waals surface area contributed by atoms with Crippen molar-refractivity contribution in [1.82, 2.24) is 5.32 Å². The molecule has 0 bridgehead atoms. The van der Waals surface area contributed by atoms with Gasteiger partial charge >= 0.3 is 0 Å². The van der Waals surface area contributed by atoms with Gasteiger partial charge in [0.1, 0.15) is 12.4 Å². The highest BCUT2D eigenvalue weighted by Crippen LogP contribution is 2.24. The maximum atomic E-state index is 12.0. The van der Waals surface area contributed by atoms with Crippen LogP contribution < -0.4 is 10.1 Å². The summed E-state index contributed by atoms with van der Waals surface area (Å²) in [5, 5.41) is 2.86. The summed E-state index contributed by atoms with van der Waals surface area (Å²) in [7, 11) is 0. The van der Waals surface area contributed by atoms with Crippen LogP contribution in [0.1, 0.15) is 27.0 Å². The van der Waals surface area contributed by atoms with Gasteiger partial charge in [-0.3, -0.25) is 4.79 Å². The number of halogens is 1. The highest BCUT2D eigenvalue weighted by molar-refractivity contribution is 9.10. The first-order valence-electron chi connectivity index (χ1n) is 7.22. The van der Waals surface area contributed by atoms with Crippen LogP contribution in [-0.4, -0.2) is 19.1 Å². The van der Waals surface area contributed by atoms with E-state index in [-0.39, 0.29) is 5.91 Å². The Bertz CT molecular complexity index is 642. The molecule has 0 saturated carbocycles. The fourth-order valence-electron chi connectivity index (χ4n) is 2.42. The second kappa shape index (κ2) is 7.45. The summed E-state index contributed by atoms with van der Waals surface area (Å²) in [5.41, 5.74) is 4.12. The summed E-state index contributed by atoms with van der Waals surface area (Å²) in [6, 6.07) is 11.5. The number of rotatable bonds is 5. The van der Waals surface area contributed by atoms with E-state index in [1.165, 1.54) is 5.56 Å². The van der Waals surface area contributed by atoms with Crippen molar-refractivity contribution in [2.75, 3.05) is 13.2 Å². The van der Waals surface area contributed by atoms with Gasteiger partial charge in [-0.05, 0) is 56.2 Å². The van der Waals surface area contributed by atoms with Crippen LogP contribution in [-0.2, 0) is 0 Å². The molecule has 0 unspecified atom stereocenters. The number of carbonyl (C=O) groups excluding carboxylic acids is 1. The van der Waals surface area contributed by atoms with Gasteiger partial charge in [-0.15, -0.1) is 0 Å². The molecule has 0 spiro atoms. The maximum absolute atomic E-state index is 12.0. The predicted octanol–water partition coefficient (Wildman–Crippen LogP) is 4.18. The number of aryl methyl sites for hydroxylation is 3. The Morgan fingerprint density at radius 1 is 1.09 bits per heavy atom. The maximum Gasteiger partial charge on any atom is 0.251 e. The highest BCUT2D eigenvalue weighted by Gasteiger charge is 2.07. The lowest BCUT2D eigenvalue weighted by Crippen LogP contribution is -2.28. The van der Waals surface area contributed by atoms with Crippen LogP contribution in [0.3, 0.4) is 0 Å². The van der Waals surface area contributed by atoms with Gasteiger partial charge in [0, 0.05) is 10.0 Å². The van der Waals surface area contributed by atoms with E-state index in [0.29, 0.717) is 18.7 Å². The van der Waals surface area contributed by atoms with E-state index in [9.17, 15) is 4.79 Å². The Hall–Kier alpha value is -1.81. The molecule has 0 aliphatic carbocycles. The van der Waals surface area contributed by atoms with E-state index in [1.54, 1.807) is 12.1 Å². The van der Waals surface area contributed by atoms with E-state index in [0.717, 1.165) is 21.3 Å². The fourth-order valence-corrected chi connectivity index (χ4v) is 2.68. The average Bonchev–Trinajstić information content (AvgIpc) is 2.46. The number of hydrogen-bond acceptors (Lipinski definition) is 2. The van der Waals surface area contributed by atoms with Crippen LogP contribution in [0.5, 0.6) is 5.75 Å². The van der Waals surface area contributed by atoms with E-state index in [4.69, 9.17) is 4.74 Å². The average molecular weight is 362 g/mol. The molecular formula is C18H20BrNO2. The Kier molecular flexibility index (Phi) is 5.61. The van der Waals surface area contributed by atoms with Crippen LogP contribution in [0.25, 0.3) is 0 Å². The van der Waals surface area contributed by atoms with Gasteiger partial charge in [0.2, 0.25) is 0 Å². The topological polar surface area (TPSA) is 38.3 Å². The predicted molar refractivity (Wildman–Crippen MR) is 92.6 cm³/mol. The van der Waals surface area contributed by atoms with E-state index in [1.807, 2.05) is 26.0 Å². The molecule has 116 valence electrons. The van der Waals surface area contributed by atoms with Crippen molar-refractivity contribution in [3.05, 3.63) is 63.1 Å². The van der Waals surface area contributed by atoms with Gasteiger partial charge < -0.3 is 10.1 Å². The molecule has 4 heteroatoms. The third-order valence-corrected chi connectivity index (χ3v) is 3.87. The number of carbonyl (C=O) groups is 1. The zero-order valence-corrected chi connectivity index (χ0v) is 14.7. The van der Waals surface area contributed by atoms with Crippen molar-refractivity contribution in [3.63, 3.8) is 0 Å². The summed E-state index contributed by atoms with van der Waals surface area (Å²) in [6.45, 7) is 7.07. The molecule has 2 aromatic rings. The van der Waals surface area contributed by atoms with Gasteiger partial charge in [-0.1, -0.05) is 33.6 Å². The number of hydrogen-bond donors (Lipinski definition) is 1. The number of benzene rings is 2. The molecule has 0 heterocycles. The van der Waals surface area contributed by atoms with Crippen molar-refractivity contribution in [3.8, 4) is 5.75 Å². The van der Waals surface area contributed by atoms with E-state index < -0.39 is 0 Å². The molecule has 0 atom stereocenters. The number of ether oxygens (including phenoxy) is 1. The van der Waals surface area contributed by atoms with Crippen LogP contribution >= 0.6 is 15.9 Å². The molecule has 0 aromatic heterocycles. The Morgan fingerprint density at radius 3 is 2.27 bits per heavy atom. The minimum absolute atomic E-state index is 0.0894. The summed E-state index contributed by atoms with van der Waals surface area (Å²) in [5.74, 6) is 0.817. The Balaban J connectivity index is 1.85. The Morgan fingerprint density at radius 2 is 1.68 bits per heavy atom. The summed E-state index contributed by atoms with van der Waals surface area (Å²) in [4.78, 5) is 12.0. The third kappa shape index (κ3) is 4.34. The monoisotopic (exact) mass is 361 g/mol. The third-order valence-electron chi connectivity index (χ3n) is 3.35. The lowest BCUT2D eigenvalue weighted by molar-refractivity contribution is 0.0947. The molecule has 1 amide bonds. The molecular weight excluding hydrogens is 342 g/mol. The zero-order valence-electron chi connectivity index (χ0n) is 13.1. The van der Waals surface area contributed by atoms with Crippen molar-refractivity contribution < 1.29 is 9.53 Å². The molecule has 0 fully saturated rings. The second-order valence-electron chi connectivity index (χ2n) is 5.34. The minimum atomic E-state index is -0.0894. The van der Waals surface area contributed by atoms with Crippen LogP contribution in [0, 0.1) is 20.8 Å². The minimum Gasteiger partial charge on any atom is -0.491 e. The van der Waals surface area contributed by atoms with Gasteiger partial charge in [-0.2, -0.15) is 0 Å². The molecule has 0 aliphatic rings. The van der Waals surface area contributed by atoms with E-state index >= 15 is 0 Å². The molecule has 0 radical (unpaired) electrons. The lowest BCUT2D eigenvalue weighted by atomic mass is 10.1. The summed E-state index contributed by atoms with van der Waals surface area (Å²) in [6.07, 6.45) is 0. The molecule has 22 heavy (non-hydrogen) atoms. The molecule has 0 saturated heterocycles. The zero-order chi connectivity index (χ0) is 16.1. The summed E-state index contributed by atoms with van der Waals surface area (Å²) >= 11 is 3.35. The first kappa shape index (κ1) is 16.6. The quantitative estimate of drug-likeness (QED) is 0.811. The van der Waals surface area contributed by atoms with E-state index in [2.05, 4.69) is 40.3 Å². The number of nitrogens with one attached hydrogen (secondary N) is 1. The van der Waals surface area contributed by atoms with Crippen molar-refractivity contribution in [2.24, 2.45) is 0 Å². The first-order chi connectivity index (χ1) is 10.5. The molecule has 2 rings (SSSR count). The smallest absolute Gasteiger partial charge is 0.251 e. The van der Waals surface area contributed by atoms with Gasteiger partial charge in [-0.25, -0.2) is 0 Å². The van der Waals surface area contributed by atoms with Crippen LogP contribution in [0.4, 0.5) is 0 Å². The summed E-state index contributed by atoms with van der Waals surface area (Å²) < 4.78 is 6.76. The largest absolute Gasteiger partial charge is 0.491 e. The second-order valence-corrected chi connectivity index (χ2v) is 6.25. The van der Waals surface area contributed by atoms with Gasteiger partial charge in [0.15, 0.2) is 0 Å². The van der Waals surface area contributed by atoms with Crippen molar-refractivity contribution >= 4 is 21.8 Å². The van der Waals surface area contributed by atoms with Crippen LogP contribution in [0.2, 0.25) is 0 Å². The van der Waals surface area contributed by atoms with Gasteiger partial charge in [0.05, 0.1) is 6.54 Å². The van der Waals surface area contributed by atoms with Crippen molar-refractivity contribution in [1.29, 1.82) is 0 Å². The standard InChI is InChI=1S/C18H20BrNO2/c1-12-10-13(2)17(14(3)11-12)22-9-8-20-18(21)15-4-6-16(19)7-5-15/h4-7,10-11H,8-9H2,1-3H3,(H,20,21). The molecule has 0 aliphatic heterocycles.